The molecule has 186 valence electrons. The van der Waals surface area contributed by atoms with E-state index in [-0.39, 0.29) is 32.1 Å². The molecule has 1 heterocycles. The van der Waals surface area contributed by atoms with Crippen LogP contribution >= 0.6 is 23.2 Å². The highest BCUT2D eigenvalue weighted by molar-refractivity contribution is 7.91. The third-order valence-electron chi connectivity index (χ3n) is 4.61. The molecular weight excluding hydrogens is 532 g/mol. The highest BCUT2D eigenvalue weighted by atomic mass is 35.5. The summed E-state index contributed by atoms with van der Waals surface area (Å²) in [5.74, 6) is -1.44. The standard InChI is InChI=1S/C21H17Cl2F3N4O4S/c1-10-16(19(31)28-11-5-4-6-13(7-11)35(3,27)32)20(30-29-18(10)21(24,25)26)34-12-8-14(22)17(33-2)15(23)9-12/h4-9,27H,1-3H3,(H,28,31). The van der Waals surface area contributed by atoms with E-state index in [0.717, 1.165) is 6.92 Å². The molecule has 14 heteroatoms. The summed E-state index contributed by atoms with van der Waals surface area (Å²) >= 11 is 12.2. The van der Waals surface area contributed by atoms with Crippen LogP contribution in [0.3, 0.4) is 0 Å². The molecule has 3 rings (SSSR count). The molecule has 3 aromatic rings. The van der Waals surface area contributed by atoms with Gasteiger partial charge in [0.25, 0.3) is 11.8 Å². The van der Waals surface area contributed by atoms with E-state index in [1.807, 2.05) is 0 Å². The smallest absolute Gasteiger partial charge is 0.435 e. The Hall–Kier alpha value is -3.09. The lowest BCUT2D eigenvalue weighted by Gasteiger charge is -2.16. The molecule has 2 N–H and O–H groups in total. The van der Waals surface area contributed by atoms with Crippen LogP contribution in [0, 0.1) is 11.7 Å². The molecule has 1 aromatic heterocycles. The molecule has 0 aliphatic rings. The molecule has 0 radical (unpaired) electrons. The second-order valence-corrected chi connectivity index (χ2v) is 10.2. The van der Waals surface area contributed by atoms with Gasteiger partial charge in [-0.25, -0.2) is 8.99 Å². The van der Waals surface area contributed by atoms with Gasteiger partial charge in [0.2, 0.25) is 0 Å². The lowest BCUT2D eigenvalue weighted by atomic mass is 10.1. The second-order valence-electron chi connectivity index (χ2n) is 7.20. The van der Waals surface area contributed by atoms with E-state index in [2.05, 4.69) is 15.5 Å². The van der Waals surface area contributed by atoms with Crippen LogP contribution in [0.4, 0.5) is 18.9 Å². The molecular formula is C21H17Cl2F3N4O4S. The first kappa shape index (κ1) is 26.5. The minimum absolute atomic E-state index is 0.0368. The van der Waals surface area contributed by atoms with E-state index in [1.165, 1.54) is 49.8 Å². The lowest BCUT2D eigenvalue weighted by molar-refractivity contribution is -0.142. The van der Waals surface area contributed by atoms with Crippen LogP contribution in [-0.2, 0) is 15.9 Å². The number of alkyl halides is 3. The number of amides is 1. The van der Waals surface area contributed by atoms with Crippen molar-refractivity contribution in [1.82, 2.24) is 10.2 Å². The topological polar surface area (TPSA) is 114 Å². The SMILES string of the molecule is COc1c(Cl)cc(Oc2nnc(C(F)(F)F)c(C)c2C(=O)Nc2cccc(S(C)(=N)=O)c2)cc1Cl. The molecule has 0 saturated carbocycles. The van der Waals surface area contributed by atoms with Crippen molar-refractivity contribution in [2.45, 2.75) is 18.0 Å². The number of nitrogens with zero attached hydrogens (tertiary/aromatic N) is 2. The molecule has 1 amide bonds. The monoisotopic (exact) mass is 548 g/mol. The van der Waals surface area contributed by atoms with Crippen LogP contribution in [0.1, 0.15) is 21.6 Å². The molecule has 1 unspecified atom stereocenters. The Bertz CT molecular complexity index is 1390. The van der Waals surface area contributed by atoms with Gasteiger partial charge in [-0.3, -0.25) is 4.79 Å². The molecule has 35 heavy (non-hydrogen) atoms. The van der Waals surface area contributed by atoms with Gasteiger partial charge < -0.3 is 14.8 Å². The third-order valence-corrected chi connectivity index (χ3v) is 6.33. The van der Waals surface area contributed by atoms with Crippen molar-refractivity contribution < 1.29 is 31.6 Å². The number of methoxy groups -OCH3 is 1. The van der Waals surface area contributed by atoms with Gasteiger partial charge in [0.05, 0.1) is 26.9 Å². The van der Waals surface area contributed by atoms with E-state index >= 15 is 0 Å². The highest BCUT2D eigenvalue weighted by Gasteiger charge is 2.38. The van der Waals surface area contributed by atoms with Crippen molar-refractivity contribution in [1.29, 1.82) is 4.78 Å². The molecule has 0 spiro atoms. The number of carbonyl (C=O) groups is 1. The first-order valence-corrected chi connectivity index (χ1v) is 12.2. The van der Waals surface area contributed by atoms with Crippen LogP contribution in [0.2, 0.25) is 10.0 Å². The fourth-order valence-corrected chi connectivity index (χ4v) is 4.33. The fourth-order valence-electron chi connectivity index (χ4n) is 3.02. The van der Waals surface area contributed by atoms with E-state index < -0.39 is 44.5 Å². The second kappa shape index (κ2) is 9.88. The Morgan fingerprint density at radius 1 is 1.14 bits per heavy atom. The first-order chi connectivity index (χ1) is 16.2. The summed E-state index contributed by atoms with van der Waals surface area (Å²) in [7, 11) is -1.76. The summed E-state index contributed by atoms with van der Waals surface area (Å²) < 4.78 is 70.7. The Balaban J connectivity index is 2.09. The number of aromatic nitrogens is 2. The van der Waals surface area contributed by atoms with Gasteiger partial charge in [-0.1, -0.05) is 29.3 Å². The largest absolute Gasteiger partial charge is 0.494 e. The number of halogens is 5. The van der Waals surface area contributed by atoms with E-state index in [0.29, 0.717) is 0 Å². The molecule has 2 aromatic carbocycles. The predicted molar refractivity (Wildman–Crippen MR) is 124 cm³/mol. The van der Waals surface area contributed by atoms with Gasteiger partial charge in [0.1, 0.15) is 11.3 Å². The average Bonchev–Trinajstić information content (AvgIpc) is 2.72. The maximum absolute atomic E-state index is 13.5. The van der Waals surface area contributed by atoms with E-state index in [4.69, 9.17) is 37.5 Å². The Labute approximate surface area is 208 Å². The zero-order chi connectivity index (χ0) is 26.1. The molecule has 0 bridgehead atoms. The van der Waals surface area contributed by atoms with Crippen molar-refractivity contribution in [3.8, 4) is 17.4 Å². The van der Waals surface area contributed by atoms with E-state index in [9.17, 15) is 22.2 Å². The third kappa shape index (κ3) is 5.95. The van der Waals surface area contributed by atoms with Crippen molar-refractivity contribution in [3.05, 3.63) is 63.3 Å². The number of carbonyl (C=O) groups excluding carboxylic acids is 1. The van der Waals surface area contributed by atoms with Crippen LogP contribution in [0.15, 0.2) is 41.3 Å². The normalized spacial score (nSPS) is 13.1. The molecule has 0 fully saturated rings. The Morgan fingerprint density at radius 2 is 1.77 bits per heavy atom. The number of hydrogen-bond acceptors (Lipinski definition) is 7. The van der Waals surface area contributed by atoms with Crippen LogP contribution in [0.5, 0.6) is 17.4 Å². The zero-order valence-corrected chi connectivity index (χ0v) is 20.6. The number of benzene rings is 2. The predicted octanol–water partition coefficient (Wildman–Crippen LogP) is 6.20. The summed E-state index contributed by atoms with van der Waals surface area (Å²) in [5.41, 5.74) is -2.37. The fraction of sp³-hybridized carbons (Fsp3) is 0.190. The minimum Gasteiger partial charge on any atom is -0.494 e. The molecule has 8 nitrogen and oxygen atoms in total. The number of rotatable bonds is 6. The summed E-state index contributed by atoms with van der Waals surface area (Å²) in [6.07, 6.45) is -3.70. The molecule has 0 aliphatic carbocycles. The molecule has 1 atom stereocenters. The minimum atomic E-state index is -4.89. The van der Waals surface area contributed by atoms with Gasteiger partial charge in [0, 0.05) is 29.0 Å². The summed E-state index contributed by atoms with van der Waals surface area (Å²) in [6.45, 7) is 1.05. The quantitative estimate of drug-likeness (QED) is 0.379. The lowest BCUT2D eigenvalue weighted by Crippen LogP contribution is -2.21. The van der Waals surface area contributed by atoms with Gasteiger partial charge in [0.15, 0.2) is 11.4 Å². The van der Waals surface area contributed by atoms with Gasteiger partial charge in [-0.05, 0) is 30.7 Å². The first-order valence-electron chi connectivity index (χ1n) is 9.53. The number of nitrogens with one attached hydrogen (secondary N) is 2. The van der Waals surface area contributed by atoms with E-state index in [1.54, 1.807) is 0 Å². The van der Waals surface area contributed by atoms with Gasteiger partial charge in [-0.2, -0.15) is 13.2 Å². The maximum atomic E-state index is 13.5. The average molecular weight is 549 g/mol. The zero-order valence-electron chi connectivity index (χ0n) is 18.3. The van der Waals surface area contributed by atoms with Crippen LogP contribution in [-0.4, -0.2) is 33.7 Å². The summed E-state index contributed by atoms with van der Waals surface area (Å²) in [5, 5.41) is 9.18. The summed E-state index contributed by atoms with van der Waals surface area (Å²) in [4.78, 5) is 13.2. The van der Waals surface area contributed by atoms with Crippen molar-refractivity contribution in [2.75, 3.05) is 18.7 Å². The van der Waals surface area contributed by atoms with Crippen molar-refractivity contribution >= 4 is 44.5 Å². The van der Waals surface area contributed by atoms with Crippen LogP contribution < -0.4 is 14.8 Å². The number of anilines is 1. The van der Waals surface area contributed by atoms with Gasteiger partial charge >= 0.3 is 6.18 Å². The Kier molecular flexibility index (Phi) is 7.48. The molecule has 0 saturated heterocycles. The summed E-state index contributed by atoms with van der Waals surface area (Å²) in [6, 6.07) is 8.13. The highest BCUT2D eigenvalue weighted by Crippen LogP contribution is 2.39. The number of ether oxygens (including phenoxy) is 2. The maximum Gasteiger partial charge on any atom is 0.435 e. The molecule has 0 aliphatic heterocycles. The number of hydrogen-bond donors (Lipinski definition) is 2. The van der Waals surface area contributed by atoms with Crippen LogP contribution in [0.25, 0.3) is 0 Å². The Morgan fingerprint density at radius 3 is 2.31 bits per heavy atom. The van der Waals surface area contributed by atoms with Crippen molar-refractivity contribution in [3.63, 3.8) is 0 Å². The van der Waals surface area contributed by atoms with Gasteiger partial charge in [-0.15, -0.1) is 10.2 Å². The van der Waals surface area contributed by atoms with Crippen molar-refractivity contribution in [2.24, 2.45) is 0 Å².